The van der Waals surface area contributed by atoms with Crippen molar-refractivity contribution >= 4 is 24.8 Å². The van der Waals surface area contributed by atoms with E-state index in [1.165, 1.54) is 0 Å². The average molecular weight is 226 g/mol. The van der Waals surface area contributed by atoms with Crippen LogP contribution in [0.1, 0.15) is 0 Å². The molecule has 0 N–H and O–H groups in total. The molecule has 0 spiro atoms. The number of halogens is 5. The predicted molar refractivity (Wildman–Crippen MR) is 45.3 cm³/mol. The molecule has 1 aromatic rings. The van der Waals surface area contributed by atoms with Crippen molar-refractivity contribution in [3.63, 3.8) is 0 Å². The number of hydrogen-bond acceptors (Lipinski definition) is 1. The second kappa shape index (κ2) is 8.32. The molecule has 0 aliphatic heterocycles. The Labute approximate surface area is 82.9 Å². The molecular formula is C6H4BClF4N2. The molecule has 14 heavy (non-hydrogen) atoms. The largest absolute Gasteiger partial charge is 1.00 e. The maximum atomic E-state index is 9.67. The van der Waals surface area contributed by atoms with Gasteiger partial charge in [0.05, 0.1) is 6.07 Å². The summed E-state index contributed by atoms with van der Waals surface area (Å²) in [4.78, 5) is 2.95. The zero-order chi connectivity index (χ0) is 10.3. The molecule has 0 unspecified atom stereocenters. The first-order valence-corrected chi connectivity index (χ1v) is 3.47. The molecular weight excluding hydrogens is 222 g/mol. The maximum absolute atomic E-state index is 9.67. The van der Waals surface area contributed by atoms with Gasteiger partial charge in [-0.2, -0.15) is 0 Å². The summed E-state index contributed by atoms with van der Waals surface area (Å²) < 4.78 is 29.0. The molecule has 0 atom stereocenters. The Bertz CT molecular complexity index is 301. The Kier molecular flexibility index (Phi) is 9.03. The molecule has 8 heteroatoms. The van der Waals surface area contributed by atoms with E-state index in [4.69, 9.17) is 17.0 Å². The fourth-order valence-electron chi connectivity index (χ4n) is 0.538. The highest BCUT2D eigenvalue weighted by Crippen LogP contribution is 2.16. The molecule has 0 heterocycles. The van der Waals surface area contributed by atoms with Crippen molar-refractivity contribution in [1.82, 2.24) is 0 Å². The second-order valence-electron chi connectivity index (χ2n) is 1.83. The fraction of sp³-hybridized carbons (Fsp3) is 0. The van der Waals surface area contributed by atoms with Gasteiger partial charge in [-0.3, -0.25) is 12.9 Å². The van der Waals surface area contributed by atoms with Crippen molar-refractivity contribution in [2.75, 3.05) is 0 Å². The molecule has 0 saturated carbocycles. The number of rotatable bonds is 0. The molecule has 0 aromatic heterocycles. The normalized spacial score (nSPS) is 7.36. The van der Waals surface area contributed by atoms with Gasteiger partial charge >= 0.3 is 13.2 Å². The molecule has 0 aliphatic rings. The summed E-state index contributed by atoms with van der Waals surface area (Å²) in [6.07, 6.45) is 0. The zero-order valence-electron chi connectivity index (χ0n) is 6.67. The van der Waals surface area contributed by atoms with Crippen LogP contribution < -0.4 is 4.70 Å². The molecule has 1 rings (SSSR count). The van der Waals surface area contributed by atoms with Crippen molar-refractivity contribution in [3.8, 4) is 0 Å². The summed E-state index contributed by atoms with van der Waals surface area (Å²) in [5, 5.41) is 8.80. The van der Waals surface area contributed by atoms with Crippen molar-refractivity contribution in [3.05, 3.63) is 34.3 Å². The molecule has 0 bridgehead atoms. The third-order valence-corrected chi connectivity index (χ3v) is 1.16. The molecule has 0 aliphatic carbocycles. The molecule has 0 amide bonds. The fourth-order valence-corrected chi connectivity index (χ4v) is 0.723. The highest BCUT2D eigenvalue weighted by Gasteiger charge is 2.06. The lowest BCUT2D eigenvalue weighted by Gasteiger charge is -1.78. The first-order valence-electron chi connectivity index (χ1n) is 3.09. The van der Waals surface area contributed by atoms with Crippen LogP contribution in [-0.2, 0) is 0 Å². The van der Waals surface area contributed by atoms with Crippen LogP contribution in [0, 0.1) is 5.39 Å². The molecule has 76 valence electrons. The Hall–Kier alpha value is -1.29. The number of nitrogens with zero attached hydrogens (tertiary/aromatic N) is 2. The standard InChI is InChI=1S/C6H4ClN2.BF3.FH/c7-5-2-1-3-6(4-5)9-8;2-1(3)4;/h1-4H;;1H/q+1;;/p-1. The van der Waals surface area contributed by atoms with Crippen LogP contribution in [0.5, 0.6) is 0 Å². The Morgan fingerprint density at radius 2 is 1.79 bits per heavy atom. The minimum Gasteiger partial charge on any atom is -1.00 e. The summed E-state index contributed by atoms with van der Waals surface area (Å²) in [6.45, 7) is 0. The summed E-state index contributed by atoms with van der Waals surface area (Å²) in [7, 11) is -3.67. The number of diazo groups is 1. The Morgan fingerprint density at radius 1 is 1.29 bits per heavy atom. The summed E-state index contributed by atoms with van der Waals surface area (Å²) in [5.41, 5.74) is 0.475. The molecule has 1 aromatic carbocycles. The van der Waals surface area contributed by atoms with Crippen LogP contribution in [0.2, 0.25) is 5.02 Å². The summed E-state index contributed by atoms with van der Waals surface area (Å²) in [5.74, 6) is 0. The minimum atomic E-state index is -3.67. The van der Waals surface area contributed by atoms with Gasteiger partial charge in [0.1, 0.15) is 0 Å². The van der Waals surface area contributed by atoms with Crippen molar-refractivity contribution < 1.29 is 17.7 Å². The highest BCUT2D eigenvalue weighted by molar-refractivity contribution is 6.33. The average Bonchev–Trinajstić information content (AvgIpc) is 2.03. The van der Waals surface area contributed by atoms with Crippen LogP contribution in [-0.4, -0.2) is 7.54 Å². The SMILES string of the molecule is FB(F)F.N#[N+]c1cccc(Cl)c1.[F-]. The van der Waals surface area contributed by atoms with Gasteiger partial charge < -0.3 is 4.70 Å². The van der Waals surface area contributed by atoms with Crippen molar-refractivity contribution in [2.24, 2.45) is 0 Å². The van der Waals surface area contributed by atoms with Gasteiger partial charge in [0.25, 0.3) is 0 Å². The van der Waals surface area contributed by atoms with Crippen LogP contribution in [0.25, 0.3) is 4.98 Å². The van der Waals surface area contributed by atoms with Gasteiger partial charge in [-0.05, 0) is 6.07 Å². The van der Waals surface area contributed by atoms with Gasteiger partial charge in [0.15, 0.2) is 4.98 Å². The van der Waals surface area contributed by atoms with E-state index in [1.807, 2.05) is 0 Å². The van der Waals surface area contributed by atoms with Crippen molar-refractivity contribution in [1.29, 1.82) is 5.39 Å². The van der Waals surface area contributed by atoms with E-state index < -0.39 is 7.54 Å². The minimum absolute atomic E-state index is 0. The third kappa shape index (κ3) is 8.81. The van der Waals surface area contributed by atoms with E-state index in [0.29, 0.717) is 10.7 Å². The molecule has 0 saturated heterocycles. The quantitative estimate of drug-likeness (QED) is 0.364. The Morgan fingerprint density at radius 3 is 2.07 bits per heavy atom. The lowest BCUT2D eigenvalue weighted by molar-refractivity contribution is -0.00000560. The van der Waals surface area contributed by atoms with Gasteiger partial charge in [0, 0.05) is 11.1 Å². The van der Waals surface area contributed by atoms with Crippen molar-refractivity contribution in [2.45, 2.75) is 0 Å². The van der Waals surface area contributed by atoms with Gasteiger partial charge in [0.2, 0.25) is 5.39 Å². The van der Waals surface area contributed by atoms with E-state index in [9.17, 15) is 12.9 Å². The summed E-state index contributed by atoms with van der Waals surface area (Å²) >= 11 is 5.55. The van der Waals surface area contributed by atoms with E-state index in [0.717, 1.165) is 0 Å². The summed E-state index contributed by atoms with van der Waals surface area (Å²) in [6, 6.07) is 6.67. The van der Waals surface area contributed by atoms with E-state index in [2.05, 4.69) is 4.98 Å². The van der Waals surface area contributed by atoms with E-state index >= 15 is 0 Å². The van der Waals surface area contributed by atoms with Gasteiger partial charge in [-0.15, -0.1) is 0 Å². The first-order chi connectivity index (χ1) is 6.06. The van der Waals surface area contributed by atoms with Crippen LogP contribution in [0.3, 0.4) is 0 Å². The molecule has 0 fully saturated rings. The first kappa shape index (κ1) is 15.2. The molecule has 0 radical (unpaired) electrons. The van der Waals surface area contributed by atoms with Crippen LogP contribution in [0.4, 0.5) is 18.6 Å². The smallest absolute Gasteiger partial charge is 0.762 e. The Balaban J connectivity index is 0. The third-order valence-electron chi connectivity index (χ3n) is 0.924. The maximum Gasteiger partial charge on any atom is 0.762 e. The van der Waals surface area contributed by atoms with Gasteiger partial charge in [-0.1, -0.05) is 17.7 Å². The zero-order valence-corrected chi connectivity index (χ0v) is 7.43. The van der Waals surface area contributed by atoms with E-state index in [-0.39, 0.29) is 4.70 Å². The lowest BCUT2D eigenvalue weighted by Crippen LogP contribution is -3.00. The highest BCUT2D eigenvalue weighted by atomic mass is 35.5. The van der Waals surface area contributed by atoms with Gasteiger partial charge in [-0.25, -0.2) is 0 Å². The molecule has 2 nitrogen and oxygen atoms in total. The number of hydrogen-bond donors (Lipinski definition) is 0. The number of benzene rings is 1. The predicted octanol–water partition coefficient (Wildman–Crippen LogP) is 0.708. The van der Waals surface area contributed by atoms with Crippen LogP contribution in [0.15, 0.2) is 24.3 Å². The monoisotopic (exact) mass is 226 g/mol. The lowest BCUT2D eigenvalue weighted by atomic mass is 10.3. The topological polar surface area (TPSA) is 28.1 Å². The second-order valence-corrected chi connectivity index (χ2v) is 2.26. The van der Waals surface area contributed by atoms with E-state index in [1.54, 1.807) is 24.3 Å². The van der Waals surface area contributed by atoms with Crippen LogP contribution >= 0.6 is 11.6 Å².